The van der Waals surface area contributed by atoms with Gasteiger partial charge >= 0.3 is 12.2 Å². The number of likely N-dealkylation sites (N-methyl/N-ethyl adjacent to an activating group) is 2. The molecule has 1 aliphatic rings. The number of hydrogen-bond donors (Lipinski definition) is 0. The van der Waals surface area contributed by atoms with E-state index in [1.54, 1.807) is 25.4 Å². The number of carbonyl (C=O) groups is 2. The maximum Gasteiger partial charge on any atom is 0.511 e. The van der Waals surface area contributed by atoms with Gasteiger partial charge < -0.3 is 28.7 Å². The lowest BCUT2D eigenvalue weighted by Gasteiger charge is -2.12. The van der Waals surface area contributed by atoms with Crippen LogP contribution in [0.4, 0.5) is 9.59 Å². The van der Waals surface area contributed by atoms with Crippen LogP contribution in [0.2, 0.25) is 0 Å². The summed E-state index contributed by atoms with van der Waals surface area (Å²) in [5, 5.41) is 0.916. The number of benzene rings is 1. The van der Waals surface area contributed by atoms with Gasteiger partial charge in [0.1, 0.15) is 11.9 Å². The van der Waals surface area contributed by atoms with Crippen molar-refractivity contribution in [1.29, 1.82) is 0 Å². The lowest BCUT2D eigenvalue weighted by atomic mass is 10.1. The molecule has 0 N–H and O–H groups in total. The van der Waals surface area contributed by atoms with E-state index in [0.717, 1.165) is 36.9 Å². The summed E-state index contributed by atoms with van der Waals surface area (Å²) in [7, 11) is 7.55. The topological polar surface area (TPSA) is 82.5 Å². The molecule has 2 heterocycles. The van der Waals surface area contributed by atoms with E-state index in [-0.39, 0.29) is 6.10 Å². The zero-order valence-electron chi connectivity index (χ0n) is 17.9. The van der Waals surface area contributed by atoms with E-state index in [2.05, 4.69) is 9.80 Å². The van der Waals surface area contributed by atoms with Crippen molar-refractivity contribution in [3.63, 3.8) is 0 Å². The Balaban J connectivity index is 1.63. The first-order chi connectivity index (χ1) is 14.4. The number of likely N-dealkylation sites (tertiary alicyclic amines) is 1. The minimum Gasteiger partial charge on any atom is -0.497 e. The van der Waals surface area contributed by atoms with Crippen molar-refractivity contribution >= 4 is 23.2 Å². The predicted molar refractivity (Wildman–Crippen MR) is 111 cm³/mol. The monoisotopic (exact) mass is 419 g/mol. The van der Waals surface area contributed by atoms with Crippen LogP contribution in [-0.2, 0) is 20.6 Å². The van der Waals surface area contributed by atoms with Crippen LogP contribution in [0.5, 0.6) is 5.75 Å². The second kappa shape index (κ2) is 9.82. The van der Waals surface area contributed by atoms with Crippen LogP contribution >= 0.6 is 0 Å². The number of ether oxygens (including phenoxy) is 4. The van der Waals surface area contributed by atoms with Crippen molar-refractivity contribution in [2.24, 2.45) is 0 Å². The molecule has 1 saturated heterocycles. The minimum absolute atomic E-state index is 0.194. The zero-order valence-corrected chi connectivity index (χ0v) is 17.9. The molecular weight excluding hydrogens is 390 g/mol. The Morgan fingerprint density at radius 2 is 2.03 bits per heavy atom. The second-order valence-electron chi connectivity index (χ2n) is 7.67. The van der Waals surface area contributed by atoms with Crippen LogP contribution < -0.4 is 4.74 Å². The number of aromatic nitrogens is 1. The molecule has 164 valence electrons. The van der Waals surface area contributed by atoms with E-state index < -0.39 is 19.0 Å². The van der Waals surface area contributed by atoms with Gasteiger partial charge in [-0.25, -0.2) is 9.59 Å². The van der Waals surface area contributed by atoms with E-state index in [1.807, 2.05) is 27.2 Å². The Morgan fingerprint density at radius 1 is 1.23 bits per heavy atom. The van der Waals surface area contributed by atoms with Crippen molar-refractivity contribution in [3.05, 3.63) is 30.0 Å². The molecule has 0 spiro atoms. The van der Waals surface area contributed by atoms with Gasteiger partial charge in [0, 0.05) is 31.2 Å². The van der Waals surface area contributed by atoms with Gasteiger partial charge in [-0.15, -0.1) is 0 Å². The SMILES string of the molecule is COc1ccc2c(c1)c(CCN(C)C)cn2C(=O)OCOC(=O)OC1CCN(C)C1. The van der Waals surface area contributed by atoms with Crippen molar-refractivity contribution in [2.45, 2.75) is 18.9 Å². The Bertz CT molecular complexity index is 894. The minimum atomic E-state index is -0.836. The summed E-state index contributed by atoms with van der Waals surface area (Å²) in [6, 6.07) is 5.49. The van der Waals surface area contributed by atoms with E-state index in [1.165, 1.54) is 4.57 Å². The normalized spacial score (nSPS) is 16.8. The lowest BCUT2D eigenvalue weighted by molar-refractivity contribution is -0.0273. The molecule has 0 amide bonds. The summed E-state index contributed by atoms with van der Waals surface area (Å²) < 4.78 is 22.0. The summed E-state index contributed by atoms with van der Waals surface area (Å²) in [5.41, 5.74) is 1.70. The van der Waals surface area contributed by atoms with Crippen molar-refractivity contribution in [3.8, 4) is 5.75 Å². The molecule has 30 heavy (non-hydrogen) atoms. The average Bonchev–Trinajstić information content (AvgIpc) is 3.28. The molecule has 1 aromatic carbocycles. The molecule has 2 aromatic rings. The quantitative estimate of drug-likeness (QED) is 0.500. The van der Waals surface area contributed by atoms with Crippen LogP contribution in [0, 0.1) is 0 Å². The number of carbonyl (C=O) groups excluding carboxylic acids is 2. The fraction of sp³-hybridized carbons (Fsp3) is 0.524. The fourth-order valence-electron chi connectivity index (χ4n) is 3.46. The fourth-order valence-corrected chi connectivity index (χ4v) is 3.46. The van der Waals surface area contributed by atoms with Crippen LogP contribution in [-0.4, -0.2) is 87.4 Å². The van der Waals surface area contributed by atoms with Crippen molar-refractivity contribution < 1.29 is 28.5 Å². The van der Waals surface area contributed by atoms with E-state index in [4.69, 9.17) is 18.9 Å². The highest BCUT2D eigenvalue weighted by molar-refractivity contribution is 5.92. The maximum atomic E-state index is 12.6. The summed E-state index contributed by atoms with van der Waals surface area (Å²) in [6.07, 6.45) is 1.62. The van der Waals surface area contributed by atoms with Crippen molar-refractivity contribution in [1.82, 2.24) is 14.4 Å². The first-order valence-electron chi connectivity index (χ1n) is 9.89. The van der Waals surface area contributed by atoms with E-state index >= 15 is 0 Å². The summed E-state index contributed by atoms with van der Waals surface area (Å²) in [4.78, 5) is 28.5. The Hall–Kier alpha value is -2.78. The molecule has 0 saturated carbocycles. The Morgan fingerprint density at radius 3 is 2.70 bits per heavy atom. The highest BCUT2D eigenvalue weighted by Crippen LogP contribution is 2.27. The molecule has 0 aliphatic carbocycles. The van der Waals surface area contributed by atoms with Gasteiger partial charge in [0.15, 0.2) is 0 Å². The first-order valence-corrected chi connectivity index (χ1v) is 9.89. The molecule has 0 bridgehead atoms. The highest BCUT2D eigenvalue weighted by Gasteiger charge is 2.24. The maximum absolute atomic E-state index is 12.6. The molecule has 1 fully saturated rings. The molecule has 9 heteroatoms. The molecule has 1 unspecified atom stereocenters. The Kier molecular flexibility index (Phi) is 7.17. The van der Waals surface area contributed by atoms with Gasteiger partial charge in [-0.3, -0.25) is 4.57 Å². The number of methoxy groups -OCH3 is 1. The van der Waals surface area contributed by atoms with Gasteiger partial charge in [0.25, 0.3) is 0 Å². The van der Waals surface area contributed by atoms with E-state index in [0.29, 0.717) is 17.8 Å². The molecule has 3 rings (SSSR count). The third-order valence-corrected chi connectivity index (χ3v) is 5.09. The lowest BCUT2D eigenvalue weighted by Crippen LogP contribution is -2.24. The smallest absolute Gasteiger partial charge is 0.497 e. The highest BCUT2D eigenvalue weighted by atomic mass is 16.8. The summed E-state index contributed by atoms with van der Waals surface area (Å²) in [6.45, 7) is 1.86. The van der Waals surface area contributed by atoms with Crippen LogP contribution in [0.15, 0.2) is 24.4 Å². The zero-order chi connectivity index (χ0) is 21.7. The summed E-state index contributed by atoms with van der Waals surface area (Å²) >= 11 is 0. The molecule has 1 aromatic heterocycles. The van der Waals surface area contributed by atoms with Gasteiger partial charge in [-0.1, -0.05) is 0 Å². The first kappa shape index (κ1) is 21.9. The molecule has 0 radical (unpaired) electrons. The van der Waals surface area contributed by atoms with Gasteiger partial charge in [-0.2, -0.15) is 0 Å². The molecule has 9 nitrogen and oxygen atoms in total. The van der Waals surface area contributed by atoms with E-state index in [9.17, 15) is 9.59 Å². The second-order valence-corrected chi connectivity index (χ2v) is 7.67. The largest absolute Gasteiger partial charge is 0.511 e. The van der Waals surface area contributed by atoms with Gasteiger partial charge in [-0.05, 0) is 57.7 Å². The van der Waals surface area contributed by atoms with Gasteiger partial charge in [0.2, 0.25) is 6.79 Å². The predicted octanol–water partition coefficient (Wildman–Crippen LogP) is 2.55. The van der Waals surface area contributed by atoms with Crippen LogP contribution in [0.1, 0.15) is 12.0 Å². The number of hydrogen-bond acceptors (Lipinski definition) is 8. The third-order valence-electron chi connectivity index (χ3n) is 5.09. The molecule has 1 atom stereocenters. The van der Waals surface area contributed by atoms with Crippen LogP contribution in [0.3, 0.4) is 0 Å². The molecule has 1 aliphatic heterocycles. The third kappa shape index (κ3) is 5.43. The number of rotatable bonds is 7. The van der Waals surface area contributed by atoms with Gasteiger partial charge in [0.05, 0.1) is 12.6 Å². The summed E-state index contributed by atoms with van der Waals surface area (Å²) in [5.74, 6) is 0.711. The number of fused-ring (bicyclic) bond motifs is 1. The number of nitrogens with zero attached hydrogens (tertiary/aromatic N) is 3. The Labute approximate surface area is 176 Å². The van der Waals surface area contributed by atoms with Crippen molar-refractivity contribution in [2.75, 3.05) is 54.7 Å². The standard InChI is InChI=1S/C21H29N3O6/c1-22(2)9-7-15-12-24(19-6-5-16(27-4)11-18(15)19)20(25)28-14-29-21(26)30-17-8-10-23(3)13-17/h5-6,11-12,17H,7-10,13-14H2,1-4H3. The average molecular weight is 419 g/mol. The molecular formula is C21H29N3O6. The van der Waals surface area contributed by atoms with Crippen LogP contribution in [0.25, 0.3) is 10.9 Å².